The van der Waals surface area contributed by atoms with Crippen LogP contribution in [-0.4, -0.2) is 12.6 Å². The van der Waals surface area contributed by atoms with E-state index in [0.717, 1.165) is 31.4 Å². The van der Waals surface area contributed by atoms with Gasteiger partial charge in [-0.2, -0.15) is 0 Å². The fourth-order valence-electron chi connectivity index (χ4n) is 2.94. The van der Waals surface area contributed by atoms with E-state index in [9.17, 15) is 4.39 Å². The van der Waals surface area contributed by atoms with Crippen molar-refractivity contribution in [2.24, 2.45) is 5.41 Å². The highest BCUT2D eigenvalue weighted by Crippen LogP contribution is 2.35. The molecule has 1 unspecified atom stereocenters. The van der Waals surface area contributed by atoms with E-state index in [2.05, 4.69) is 19.2 Å². The van der Waals surface area contributed by atoms with E-state index >= 15 is 0 Å². The van der Waals surface area contributed by atoms with Crippen molar-refractivity contribution in [1.82, 2.24) is 5.32 Å². The highest BCUT2D eigenvalue weighted by molar-refractivity contribution is 6.30. The molecule has 0 amide bonds. The van der Waals surface area contributed by atoms with Crippen molar-refractivity contribution < 1.29 is 4.39 Å². The summed E-state index contributed by atoms with van der Waals surface area (Å²) in [7, 11) is 0. The van der Waals surface area contributed by atoms with E-state index in [1.165, 1.54) is 31.7 Å². The van der Waals surface area contributed by atoms with Gasteiger partial charge in [0.15, 0.2) is 0 Å². The Hall–Kier alpha value is -0.600. The molecule has 0 aliphatic heterocycles. The highest BCUT2D eigenvalue weighted by Gasteiger charge is 2.31. The second-order valence-corrected chi connectivity index (χ2v) is 6.96. The molecule has 21 heavy (non-hydrogen) atoms. The minimum absolute atomic E-state index is 0.160. The molecule has 1 atom stereocenters. The molecule has 0 saturated heterocycles. The molecular formula is C18H27ClFN. The minimum atomic E-state index is -0.164. The maximum Gasteiger partial charge on any atom is 0.127 e. The lowest BCUT2D eigenvalue weighted by molar-refractivity contribution is 0.226. The fraction of sp³-hybridized carbons (Fsp3) is 0.667. The summed E-state index contributed by atoms with van der Waals surface area (Å²) in [4.78, 5) is 0. The first-order chi connectivity index (χ1) is 10.1. The monoisotopic (exact) mass is 311 g/mol. The summed E-state index contributed by atoms with van der Waals surface area (Å²) in [5.74, 6) is -0.164. The number of hydrogen-bond donors (Lipinski definition) is 1. The van der Waals surface area contributed by atoms with Crippen LogP contribution in [0, 0.1) is 11.2 Å². The van der Waals surface area contributed by atoms with Crippen molar-refractivity contribution >= 4 is 11.6 Å². The van der Waals surface area contributed by atoms with E-state index < -0.39 is 0 Å². The maximum absolute atomic E-state index is 14.1. The third-order valence-electron chi connectivity index (χ3n) is 4.73. The van der Waals surface area contributed by atoms with Gasteiger partial charge in [0.05, 0.1) is 0 Å². The smallest absolute Gasteiger partial charge is 0.127 e. The molecule has 1 aromatic carbocycles. The predicted molar refractivity (Wildman–Crippen MR) is 88.4 cm³/mol. The summed E-state index contributed by atoms with van der Waals surface area (Å²) < 4.78 is 14.1. The van der Waals surface area contributed by atoms with Crippen LogP contribution in [0.4, 0.5) is 4.39 Å². The van der Waals surface area contributed by atoms with Gasteiger partial charge in [0.1, 0.15) is 5.82 Å². The molecule has 3 heteroatoms. The first-order valence-corrected chi connectivity index (χ1v) is 8.63. The molecule has 118 valence electrons. The largest absolute Gasteiger partial charge is 0.313 e. The van der Waals surface area contributed by atoms with Crippen molar-refractivity contribution in [3.8, 4) is 0 Å². The molecule has 1 saturated carbocycles. The molecule has 1 aromatic rings. The maximum atomic E-state index is 14.1. The van der Waals surface area contributed by atoms with Crippen LogP contribution < -0.4 is 5.32 Å². The molecule has 1 N–H and O–H groups in total. The third-order valence-corrected chi connectivity index (χ3v) is 4.97. The molecule has 1 nitrogen and oxygen atoms in total. The van der Waals surface area contributed by atoms with E-state index in [0.29, 0.717) is 11.1 Å². The molecule has 1 aliphatic carbocycles. The first-order valence-electron chi connectivity index (χ1n) is 8.26. The van der Waals surface area contributed by atoms with Gasteiger partial charge in [-0.25, -0.2) is 4.39 Å². The average molecular weight is 312 g/mol. The van der Waals surface area contributed by atoms with E-state index in [1.54, 1.807) is 6.07 Å². The van der Waals surface area contributed by atoms with Gasteiger partial charge in [0, 0.05) is 17.6 Å². The second kappa shape index (κ2) is 7.60. The SMILES string of the molecule is CCCCC(CC)(CNC1CC1)Cc1ccc(Cl)cc1F. The highest BCUT2D eigenvalue weighted by atomic mass is 35.5. The molecule has 1 aliphatic rings. The second-order valence-electron chi connectivity index (χ2n) is 6.52. The Morgan fingerprint density at radius 1 is 1.33 bits per heavy atom. The number of unbranched alkanes of at least 4 members (excludes halogenated alkanes) is 1. The van der Waals surface area contributed by atoms with Crippen LogP contribution in [0.25, 0.3) is 0 Å². The standard InChI is InChI=1S/C18H27ClFN/c1-3-5-10-18(4-2,13-21-16-8-9-16)12-14-6-7-15(19)11-17(14)20/h6-7,11,16,21H,3-5,8-10,12-13H2,1-2H3. The minimum Gasteiger partial charge on any atom is -0.313 e. The Labute approximate surface area is 133 Å². The van der Waals surface area contributed by atoms with Crippen molar-refractivity contribution in [2.45, 2.75) is 64.8 Å². The van der Waals surface area contributed by atoms with Gasteiger partial charge in [0.2, 0.25) is 0 Å². The van der Waals surface area contributed by atoms with Crippen molar-refractivity contribution in [3.05, 3.63) is 34.6 Å². The molecule has 0 spiro atoms. The molecule has 0 radical (unpaired) electrons. The number of rotatable bonds is 9. The lowest BCUT2D eigenvalue weighted by Gasteiger charge is -2.34. The van der Waals surface area contributed by atoms with Gasteiger partial charge in [-0.1, -0.05) is 44.4 Å². The molecule has 0 bridgehead atoms. The third kappa shape index (κ3) is 4.96. The van der Waals surface area contributed by atoms with Gasteiger partial charge < -0.3 is 5.32 Å². The fourth-order valence-corrected chi connectivity index (χ4v) is 3.09. The van der Waals surface area contributed by atoms with Crippen molar-refractivity contribution in [2.75, 3.05) is 6.54 Å². The summed E-state index contributed by atoms with van der Waals surface area (Å²) in [6.07, 6.45) is 8.01. The van der Waals surface area contributed by atoms with Gasteiger partial charge in [-0.15, -0.1) is 0 Å². The van der Waals surface area contributed by atoms with Gasteiger partial charge in [0.25, 0.3) is 0 Å². The summed E-state index contributed by atoms with van der Waals surface area (Å²) >= 11 is 5.86. The van der Waals surface area contributed by atoms with Crippen LogP contribution in [0.5, 0.6) is 0 Å². The normalized spacial score (nSPS) is 17.7. The van der Waals surface area contributed by atoms with Crippen LogP contribution in [0.1, 0.15) is 57.9 Å². The Balaban J connectivity index is 2.11. The van der Waals surface area contributed by atoms with E-state index in [1.807, 2.05) is 6.07 Å². The Morgan fingerprint density at radius 3 is 2.67 bits per heavy atom. The van der Waals surface area contributed by atoms with Gasteiger partial charge in [-0.05, 0) is 55.2 Å². The molecule has 0 aromatic heterocycles. The lowest BCUT2D eigenvalue weighted by atomic mass is 9.75. The van der Waals surface area contributed by atoms with Crippen LogP contribution >= 0.6 is 11.6 Å². The van der Waals surface area contributed by atoms with Crippen LogP contribution in [0.15, 0.2) is 18.2 Å². The van der Waals surface area contributed by atoms with Crippen LogP contribution in [0.2, 0.25) is 5.02 Å². The summed E-state index contributed by atoms with van der Waals surface area (Å²) in [6, 6.07) is 5.79. The number of halogens is 2. The van der Waals surface area contributed by atoms with Gasteiger partial charge >= 0.3 is 0 Å². The number of nitrogens with one attached hydrogen (secondary N) is 1. The van der Waals surface area contributed by atoms with Gasteiger partial charge in [-0.3, -0.25) is 0 Å². The Kier molecular flexibility index (Phi) is 6.07. The zero-order chi connectivity index (χ0) is 15.3. The van der Waals surface area contributed by atoms with Crippen molar-refractivity contribution in [1.29, 1.82) is 0 Å². The molecule has 1 fully saturated rings. The van der Waals surface area contributed by atoms with E-state index in [4.69, 9.17) is 11.6 Å². The molecule has 2 rings (SSSR count). The molecular weight excluding hydrogens is 285 g/mol. The predicted octanol–water partition coefficient (Wildman–Crippen LogP) is 5.36. The van der Waals surface area contributed by atoms with Crippen LogP contribution in [-0.2, 0) is 6.42 Å². The topological polar surface area (TPSA) is 12.0 Å². The summed E-state index contributed by atoms with van der Waals surface area (Å²) in [5, 5.41) is 4.13. The average Bonchev–Trinajstić information content (AvgIpc) is 3.29. The zero-order valence-corrected chi connectivity index (χ0v) is 14.0. The molecule has 0 heterocycles. The summed E-state index contributed by atoms with van der Waals surface area (Å²) in [5.41, 5.74) is 0.961. The van der Waals surface area contributed by atoms with Crippen molar-refractivity contribution in [3.63, 3.8) is 0 Å². The Morgan fingerprint density at radius 2 is 2.10 bits per heavy atom. The van der Waals surface area contributed by atoms with E-state index in [-0.39, 0.29) is 11.2 Å². The van der Waals surface area contributed by atoms with Crippen LogP contribution in [0.3, 0.4) is 0 Å². The first kappa shape index (κ1) is 16.8. The quantitative estimate of drug-likeness (QED) is 0.647. The number of benzene rings is 1. The number of hydrogen-bond acceptors (Lipinski definition) is 1. The zero-order valence-electron chi connectivity index (χ0n) is 13.2. The Bertz CT molecular complexity index is 459. The lowest BCUT2D eigenvalue weighted by Crippen LogP contribution is -2.37. The summed E-state index contributed by atoms with van der Waals surface area (Å²) in [6.45, 7) is 5.45.